The molecule has 1 aromatic rings. The van der Waals surface area contributed by atoms with Crippen LogP contribution in [0.2, 0.25) is 5.02 Å². The molecule has 2 atom stereocenters. The van der Waals surface area contributed by atoms with Crippen LogP contribution in [0.3, 0.4) is 0 Å². The molecule has 0 saturated carbocycles. The number of nitrogens with one attached hydrogen (secondary N) is 1. The van der Waals surface area contributed by atoms with Crippen LogP contribution in [-0.4, -0.2) is 17.5 Å². The fourth-order valence-electron chi connectivity index (χ4n) is 1.77. The van der Waals surface area contributed by atoms with Crippen LogP contribution < -0.4 is 5.32 Å². The second kappa shape index (κ2) is 4.73. The van der Waals surface area contributed by atoms with Gasteiger partial charge in [0.15, 0.2) is 0 Å². The zero-order valence-electron chi connectivity index (χ0n) is 8.47. The normalized spacial score (nSPS) is 26.6. The summed E-state index contributed by atoms with van der Waals surface area (Å²) in [5.41, 5.74) is 0.997. The summed E-state index contributed by atoms with van der Waals surface area (Å²) in [5, 5.41) is 3.98. The van der Waals surface area contributed by atoms with Gasteiger partial charge >= 0.3 is 0 Å². The van der Waals surface area contributed by atoms with E-state index in [0.29, 0.717) is 11.1 Å². The Bertz CT molecular complexity index is 358. The lowest BCUT2D eigenvalue weighted by Crippen LogP contribution is -2.38. The average Bonchev–Trinajstić information content (AvgIpc) is 2.17. The van der Waals surface area contributed by atoms with E-state index in [0.717, 1.165) is 17.1 Å². The lowest BCUT2D eigenvalue weighted by atomic mass is 10.1. The Morgan fingerprint density at radius 3 is 2.93 bits per heavy atom. The Morgan fingerprint density at radius 1 is 1.47 bits per heavy atom. The second-order valence-electron chi connectivity index (χ2n) is 3.82. The fourth-order valence-corrected chi connectivity index (χ4v) is 3.16. The number of thioether (sulfide) groups is 1. The summed E-state index contributed by atoms with van der Waals surface area (Å²) in [7, 11) is 0. The molecule has 82 valence electrons. The predicted octanol–water partition coefficient (Wildman–Crippen LogP) is 3.25. The van der Waals surface area contributed by atoms with E-state index in [-0.39, 0.29) is 11.9 Å². The zero-order valence-corrected chi connectivity index (χ0v) is 10.0. The smallest absolute Gasteiger partial charge is 0.124 e. The minimum absolute atomic E-state index is 0.242. The molecule has 1 aromatic carbocycles. The Labute approximate surface area is 98.4 Å². The van der Waals surface area contributed by atoms with Gasteiger partial charge in [0.2, 0.25) is 0 Å². The summed E-state index contributed by atoms with van der Waals surface area (Å²) in [5.74, 6) is 1.84. The lowest BCUT2D eigenvalue weighted by Gasteiger charge is -2.29. The topological polar surface area (TPSA) is 12.0 Å². The first-order valence-electron chi connectivity index (χ1n) is 4.95. The van der Waals surface area contributed by atoms with Gasteiger partial charge in [-0.1, -0.05) is 17.7 Å². The van der Waals surface area contributed by atoms with Crippen molar-refractivity contribution in [2.45, 2.75) is 19.0 Å². The van der Waals surface area contributed by atoms with Gasteiger partial charge in [-0.25, -0.2) is 4.39 Å². The van der Waals surface area contributed by atoms with E-state index in [1.165, 1.54) is 12.1 Å². The first-order chi connectivity index (χ1) is 7.16. The van der Waals surface area contributed by atoms with Crippen molar-refractivity contribution in [2.75, 3.05) is 11.5 Å². The van der Waals surface area contributed by atoms with Crippen LogP contribution in [0.1, 0.15) is 18.5 Å². The summed E-state index contributed by atoms with van der Waals surface area (Å²) in [6.45, 7) is 2.15. The molecule has 1 N–H and O–H groups in total. The summed E-state index contributed by atoms with van der Waals surface area (Å²) in [6.07, 6.45) is 0. The Kier molecular flexibility index (Phi) is 3.54. The zero-order chi connectivity index (χ0) is 10.8. The number of benzene rings is 1. The molecule has 0 bridgehead atoms. The molecule has 0 amide bonds. The van der Waals surface area contributed by atoms with Gasteiger partial charge in [-0.15, -0.1) is 0 Å². The van der Waals surface area contributed by atoms with Crippen LogP contribution in [0, 0.1) is 5.82 Å². The van der Waals surface area contributed by atoms with Gasteiger partial charge in [0.25, 0.3) is 0 Å². The van der Waals surface area contributed by atoms with Crippen molar-refractivity contribution < 1.29 is 4.39 Å². The summed E-state index contributed by atoms with van der Waals surface area (Å²) in [4.78, 5) is 0. The van der Waals surface area contributed by atoms with Crippen LogP contribution in [0.25, 0.3) is 0 Å². The number of hydrogen-bond acceptors (Lipinski definition) is 2. The number of hydrogen-bond donors (Lipinski definition) is 1. The molecule has 1 saturated heterocycles. The van der Waals surface area contributed by atoms with Crippen molar-refractivity contribution in [2.24, 2.45) is 0 Å². The monoisotopic (exact) mass is 245 g/mol. The molecule has 0 spiro atoms. The molecule has 0 aliphatic carbocycles. The van der Waals surface area contributed by atoms with E-state index < -0.39 is 0 Å². The molecule has 0 radical (unpaired) electrons. The molecular weight excluding hydrogens is 233 g/mol. The Hall–Kier alpha value is -0.250. The maximum atomic E-state index is 12.9. The highest BCUT2D eigenvalue weighted by molar-refractivity contribution is 7.99. The van der Waals surface area contributed by atoms with Gasteiger partial charge in [0, 0.05) is 28.6 Å². The predicted molar refractivity (Wildman–Crippen MR) is 64.1 cm³/mol. The molecule has 1 aliphatic heterocycles. The van der Waals surface area contributed by atoms with Crippen LogP contribution in [0.15, 0.2) is 18.2 Å². The second-order valence-corrected chi connectivity index (χ2v) is 5.31. The van der Waals surface area contributed by atoms with Gasteiger partial charge < -0.3 is 5.32 Å². The standard InChI is InChI=1S/C11H13ClFNS/c1-7-5-15-6-11(14-7)9-3-2-8(13)4-10(9)12/h2-4,7,11,14H,5-6H2,1H3. The van der Waals surface area contributed by atoms with E-state index in [9.17, 15) is 4.39 Å². The highest BCUT2D eigenvalue weighted by atomic mass is 35.5. The molecule has 1 nitrogen and oxygen atoms in total. The van der Waals surface area contributed by atoms with E-state index >= 15 is 0 Å². The van der Waals surface area contributed by atoms with E-state index in [1.807, 2.05) is 11.8 Å². The molecule has 4 heteroatoms. The third-order valence-corrected chi connectivity index (χ3v) is 4.11. The average molecular weight is 246 g/mol. The SMILES string of the molecule is CC1CSCC(c2ccc(F)cc2Cl)N1. The van der Waals surface area contributed by atoms with Crippen LogP contribution >= 0.6 is 23.4 Å². The largest absolute Gasteiger partial charge is 0.306 e. The Morgan fingerprint density at radius 2 is 2.27 bits per heavy atom. The highest BCUT2D eigenvalue weighted by Crippen LogP contribution is 2.29. The third-order valence-electron chi connectivity index (χ3n) is 2.48. The minimum atomic E-state index is -0.278. The molecule has 2 rings (SSSR count). The first-order valence-corrected chi connectivity index (χ1v) is 6.49. The van der Waals surface area contributed by atoms with Gasteiger partial charge in [0.05, 0.1) is 0 Å². The van der Waals surface area contributed by atoms with Crippen LogP contribution in [0.4, 0.5) is 4.39 Å². The van der Waals surface area contributed by atoms with Gasteiger partial charge in [-0.05, 0) is 24.6 Å². The quantitative estimate of drug-likeness (QED) is 0.815. The first kappa shape index (κ1) is 11.2. The molecule has 2 unspecified atom stereocenters. The molecule has 1 fully saturated rings. The Balaban J connectivity index is 2.21. The van der Waals surface area contributed by atoms with Crippen molar-refractivity contribution in [3.63, 3.8) is 0 Å². The number of halogens is 2. The van der Waals surface area contributed by atoms with Crippen molar-refractivity contribution in [3.8, 4) is 0 Å². The molecule has 0 aromatic heterocycles. The van der Waals surface area contributed by atoms with Gasteiger partial charge in [0.1, 0.15) is 5.82 Å². The summed E-state index contributed by atoms with van der Waals surface area (Å²) in [6, 6.07) is 5.34. The summed E-state index contributed by atoms with van der Waals surface area (Å²) >= 11 is 7.93. The van der Waals surface area contributed by atoms with Crippen molar-refractivity contribution in [1.29, 1.82) is 0 Å². The third kappa shape index (κ3) is 2.65. The van der Waals surface area contributed by atoms with E-state index in [4.69, 9.17) is 11.6 Å². The van der Waals surface area contributed by atoms with Crippen molar-refractivity contribution >= 4 is 23.4 Å². The maximum Gasteiger partial charge on any atom is 0.124 e. The molecule has 1 aliphatic rings. The van der Waals surface area contributed by atoms with E-state index in [1.54, 1.807) is 6.07 Å². The fraction of sp³-hybridized carbons (Fsp3) is 0.455. The van der Waals surface area contributed by atoms with Crippen LogP contribution in [-0.2, 0) is 0 Å². The van der Waals surface area contributed by atoms with Gasteiger partial charge in [-0.3, -0.25) is 0 Å². The molecule has 1 heterocycles. The van der Waals surface area contributed by atoms with Crippen molar-refractivity contribution in [3.05, 3.63) is 34.6 Å². The molecular formula is C11H13ClFNS. The van der Waals surface area contributed by atoms with E-state index in [2.05, 4.69) is 12.2 Å². The van der Waals surface area contributed by atoms with Gasteiger partial charge in [-0.2, -0.15) is 11.8 Å². The van der Waals surface area contributed by atoms with Crippen molar-refractivity contribution in [1.82, 2.24) is 5.32 Å². The summed E-state index contributed by atoms with van der Waals surface area (Å²) < 4.78 is 12.9. The van der Waals surface area contributed by atoms with Crippen LogP contribution in [0.5, 0.6) is 0 Å². The highest BCUT2D eigenvalue weighted by Gasteiger charge is 2.21. The maximum absolute atomic E-state index is 12.9. The minimum Gasteiger partial charge on any atom is -0.306 e. The lowest BCUT2D eigenvalue weighted by molar-refractivity contribution is 0.502. The molecule has 15 heavy (non-hydrogen) atoms. The number of rotatable bonds is 1.